The highest BCUT2D eigenvalue weighted by molar-refractivity contribution is 6.35. The van der Waals surface area contributed by atoms with E-state index in [-0.39, 0.29) is 15.6 Å². The molecule has 2 nitrogen and oxygen atoms in total. The van der Waals surface area contributed by atoms with E-state index in [4.69, 9.17) is 23.2 Å². The van der Waals surface area contributed by atoms with Gasteiger partial charge in [-0.05, 0) is 24.6 Å². The molecule has 0 aliphatic rings. The molecular weight excluding hydrogens is 278 g/mol. The Morgan fingerprint density at radius 2 is 1.72 bits per heavy atom. The van der Waals surface area contributed by atoms with Crippen LogP contribution in [0, 0.1) is 5.92 Å². The van der Waals surface area contributed by atoms with Gasteiger partial charge in [0.05, 0.1) is 0 Å². The van der Waals surface area contributed by atoms with Crippen molar-refractivity contribution in [2.75, 3.05) is 0 Å². The summed E-state index contributed by atoms with van der Waals surface area (Å²) in [6.45, 7) is 3.35. The van der Waals surface area contributed by atoms with Gasteiger partial charge in [-0.25, -0.2) is 4.39 Å². The fraction of sp³-hybridized carbons (Fsp3) is 0.385. The monoisotopic (exact) mass is 290 g/mol. The van der Waals surface area contributed by atoms with E-state index in [2.05, 4.69) is 0 Å². The van der Waals surface area contributed by atoms with Crippen molar-refractivity contribution >= 4 is 34.8 Å². The number of rotatable bonds is 5. The lowest BCUT2D eigenvalue weighted by Gasteiger charge is -2.11. The van der Waals surface area contributed by atoms with Crippen LogP contribution < -0.4 is 0 Å². The number of carbonyl (C=O) groups is 2. The van der Waals surface area contributed by atoms with Crippen LogP contribution in [0.15, 0.2) is 18.2 Å². The van der Waals surface area contributed by atoms with Gasteiger partial charge >= 0.3 is 0 Å². The number of Topliss-reactive ketones (excluding diaryl/α,β-unsaturated/α-hetero) is 2. The molecule has 18 heavy (non-hydrogen) atoms. The number of benzene rings is 1. The van der Waals surface area contributed by atoms with E-state index in [1.807, 2.05) is 0 Å². The smallest absolute Gasteiger partial charge is 0.221 e. The van der Waals surface area contributed by atoms with Crippen LogP contribution in [-0.2, 0) is 4.79 Å². The van der Waals surface area contributed by atoms with Crippen molar-refractivity contribution in [3.63, 3.8) is 0 Å². The Labute approximate surface area is 115 Å². The molecule has 5 heteroatoms. The van der Waals surface area contributed by atoms with Crippen molar-refractivity contribution in [3.8, 4) is 0 Å². The number of alkyl halides is 1. The minimum absolute atomic E-state index is 0.0108. The summed E-state index contributed by atoms with van der Waals surface area (Å²) >= 11 is 11.4. The number of hydrogen-bond acceptors (Lipinski definition) is 2. The third kappa shape index (κ3) is 3.53. The van der Waals surface area contributed by atoms with Crippen molar-refractivity contribution in [3.05, 3.63) is 33.8 Å². The first kappa shape index (κ1) is 15.1. The minimum atomic E-state index is -2.16. The molecule has 98 valence electrons. The van der Waals surface area contributed by atoms with Crippen LogP contribution in [0.2, 0.25) is 10.0 Å². The number of carbonyl (C=O) groups excluding carboxylic acids is 2. The van der Waals surface area contributed by atoms with Crippen LogP contribution >= 0.6 is 23.2 Å². The molecule has 1 rings (SSSR count). The fourth-order valence-electron chi connectivity index (χ4n) is 1.42. The third-order valence-corrected chi connectivity index (χ3v) is 3.16. The van der Waals surface area contributed by atoms with Gasteiger partial charge in [-0.1, -0.05) is 37.0 Å². The van der Waals surface area contributed by atoms with Crippen LogP contribution in [0.5, 0.6) is 0 Å². The molecule has 0 fully saturated rings. The van der Waals surface area contributed by atoms with Crippen LogP contribution in [-0.4, -0.2) is 17.7 Å². The normalized spacial score (nSPS) is 14.1. The maximum atomic E-state index is 13.8. The van der Waals surface area contributed by atoms with E-state index in [1.54, 1.807) is 13.8 Å². The van der Waals surface area contributed by atoms with Crippen LogP contribution in [0.3, 0.4) is 0 Å². The molecule has 0 saturated carbocycles. The maximum absolute atomic E-state index is 13.8. The van der Waals surface area contributed by atoms with Gasteiger partial charge in [0.1, 0.15) is 0 Å². The number of ketones is 2. The van der Waals surface area contributed by atoms with E-state index in [9.17, 15) is 14.0 Å². The first-order chi connectivity index (χ1) is 8.36. The van der Waals surface area contributed by atoms with Crippen LogP contribution in [0.1, 0.15) is 30.6 Å². The molecule has 1 aromatic carbocycles. The highest BCUT2D eigenvalue weighted by atomic mass is 35.5. The second-order valence-corrected chi connectivity index (χ2v) is 4.97. The lowest BCUT2D eigenvalue weighted by Crippen LogP contribution is -2.30. The quantitative estimate of drug-likeness (QED) is 0.604. The molecule has 1 aromatic rings. The molecule has 0 saturated heterocycles. The molecule has 0 heterocycles. The molecule has 0 radical (unpaired) electrons. The van der Waals surface area contributed by atoms with Gasteiger partial charge in [0.25, 0.3) is 0 Å². The Morgan fingerprint density at radius 3 is 2.17 bits per heavy atom. The van der Waals surface area contributed by atoms with Crippen molar-refractivity contribution in [2.24, 2.45) is 5.92 Å². The van der Waals surface area contributed by atoms with Gasteiger partial charge in [-0.15, -0.1) is 0 Å². The van der Waals surface area contributed by atoms with Crippen LogP contribution in [0.4, 0.5) is 4.39 Å². The number of hydrogen-bond donors (Lipinski definition) is 0. The molecule has 2 atom stereocenters. The molecule has 0 amide bonds. The molecule has 0 N–H and O–H groups in total. The molecule has 0 aliphatic heterocycles. The lowest BCUT2D eigenvalue weighted by atomic mass is 9.95. The maximum Gasteiger partial charge on any atom is 0.221 e. The lowest BCUT2D eigenvalue weighted by molar-refractivity contribution is -0.125. The summed E-state index contributed by atoms with van der Waals surface area (Å²) in [6, 6.07) is 4.03. The summed E-state index contributed by atoms with van der Waals surface area (Å²) in [5, 5.41) is 0.461. The molecule has 0 aliphatic carbocycles. The number of halogens is 3. The fourth-order valence-corrected chi connectivity index (χ4v) is 1.95. The average Bonchev–Trinajstić information content (AvgIpc) is 2.33. The van der Waals surface area contributed by atoms with Gasteiger partial charge in [-0.2, -0.15) is 0 Å². The highest BCUT2D eigenvalue weighted by Gasteiger charge is 2.30. The summed E-state index contributed by atoms with van der Waals surface area (Å²) in [7, 11) is 0. The summed E-state index contributed by atoms with van der Waals surface area (Å²) < 4.78 is 13.8. The predicted molar refractivity (Wildman–Crippen MR) is 70.2 cm³/mol. The first-order valence-corrected chi connectivity index (χ1v) is 6.30. The summed E-state index contributed by atoms with van der Waals surface area (Å²) in [5.74, 6) is -2.10. The SMILES string of the molecule is CCC(C)C(=O)C(F)C(=O)c1cc(Cl)cc(Cl)c1. The Balaban J connectivity index is 2.96. The zero-order valence-electron chi connectivity index (χ0n) is 10.0. The van der Waals surface area contributed by atoms with E-state index in [1.165, 1.54) is 18.2 Å². The van der Waals surface area contributed by atoms with Crippen molar-refractivity contribution in [1.29, 1.82) is 0 Å². The highest BCUT2D eigenvalue weighted by Crippen LogP contribution is 2.21. The summed E-state index contributed by atoms with van der Waals surface area (Å²) in [6.07, 6.45) is -1.67. The van der Waals surface area contributed by atoms with Gasteiger partial charge in [-0.3, -0.25) is 9.59 Å². The topological polar surface area (TPSA) is 34.1 Å². The van der Waals surface area contributed by atoms with E-state index >= 15 is 0 Å². The standard InChI is InChI=1S/C13H13Cl2FO2/c1-3-7(2)12(17)11(16)13(18)8-4-9(14)6-10(15)5-8/h4-7,11H,3H2,1-2H3. The Morgan fingerprint density at radius 1 is 1.22 bits per heavy atom. The molecule has 0 bridgehead atoms. The average molecular weight is 291 g/mol. The molecule has 0 aromatic heterocycles. The van der Waals surface area contributed by atoms with E-state index in [0.717, 1.165) is 0 Å². The van der Waals surface area contributed by atoms with Crippen LogP contribution in [0.25, 0.3) is 0 Å². The molecular formula is C13H13Cl2FO2. The Kier molecular flexibility index (Phi) is 5.29. The minimum Gasteiger partial charge on any atom is -0.296 e. The van der Waals surface area contributed by atoms with Crippen molar-refractivity contribution in [1.82, 2.24) is 0 Å². The van der Waals surface area contributed by atoms with Gasteiger partial charge in [0.2, 0.25) is 12.0 Å². The van der Waals surface area contributed by atoms with Crippen molar-refractivity contribution in [2.45, 2.75) is 26.4 Å². The second kappa shape index (κ2) is 6.30. The largest absolute Gasteiger partial charge is 0.296 e. The van der Waals surface area contributed by atoms with Gasteiger partial charge in [0.15, 0.2) is 5.78 Å². The van der Waals surface area contributed by atoms with E-state index in [0.29, 0.717) is 6.42 Å². The van der Waals surface area contributed by atoms with Gasteiger partial charge < -0.3 is 0 Å². The van der Waals surface area contributed by atoms with E-state index < -0.39 is 23.7 Å². The molecule has 2 unspecified atom stereocenters. The second-order valence-electron chi connectivity index (χ2n) is 4.10. The zero-order chi connectivity index (χ0) is 13.9. The Bertz CT molecular complexity index is 454. The van der Waals surface area contributed by atoms with Crippen molar-refractivity contribution < 1.29 is 14.0 Å². The zero-order valence-corrected chi connectivity index (χ0v) is 11.6. The third-order valence-electron chi connectivity index (χ3n) is 2.73. The molecule has 0 spiro atoms. The Hall–Kier alpha value is -0.930. The summed E-state index contributed by atoms with van der Waals surface area (Å²) in [4.78, 5) is 23.4. The predicted octanol–water partition coefficient (Wildman–Crippen LogP) is 4.13. The summed E-state index contributed by atoms with van der Waals surface area (Å²) in [5.41, 5.74) is 0.0108. The van der Waals surface area contributed by atoms with Gasteiger partial charge in [0, 0.05) is 21.5 Å². The first-order valence-electron chi connectivity index (χ1n) is 5.55.